The molecule has 0 bridgehead atoms. The molecule has 0 saturated carbocycles. The first-order valence-corrected chi connectivity index (χ1v) is 15.7. The molecule has 10 heteroatoms. The third-order valence-electron chi connectivity index (χ3n) is 6.42. The highest BCUT2D eigenvalue weighted by Gasteiger charge is 2.31. The molecule has 0 radical (unpaired) electrons. The van der Waals surface area contributed by atoms with Gasteiger partial charge in [0.25, 0.3) is 0 Å². The lowest BCUT2D eigenvalue weighted by Crippen LogP contribution is -2.55. The van der Waals surface area contributed by atoms with Gasteiger partial charge in [-0.05, 0) is 36.3 Å². The molecule has 0 aliphatic rings. The maximum Gasteiger partial charge on any atom is 0.407 e. The van der Waals surface area contributed by atoms with Crippen LogP contribution >= 0.6 is 11.8 Å². The van der Waals surface area contributed by atoms with E-state index in [1.54, 1.807) is 0 Å². The molecule has 0 aromatic heterocycles. The third kappa shape index (κ3) is 14.5. The standard InChI is InChI=1S/C33H48N4O5S/c1-23(2)20-26(30(39)36-27(29(38)34-6)21-24-14-9-7-10-15-24)37-31(40)28(43-33(3,4)5)18-13-19-35-32(41)42-22-25-16-11-8-12-17-25/h7-12,14-17,23,26-28H,13,18-22H2,1-6H3,(H,34,38)(H,35,41)(H,36,39)(H,37,40)/t26-,27-,28?/m0/s1. The van der Waals surface area contributed by atoms with E-state index in [0.717, 1.165) is 11.1 Å². The molecule has 2 aromatic rings. The van der Waals surface area contributed by atoms with Gasteiger partial charge in [0.05, 0.1) is 5.25 Å². The molecule has 0 spiro atoms. The summed E-state index contributed by atoms with van der Waals surface area (Å²) < 4.78 is 5.06. The van der Waals surface area contributed by atoms with Gasteiger partial charge >= 0.3 is 6.09 Å². The number of ether oxygens (including phenoxy) is 1. The Hall–Kier alpha value is -3.53. The first kappa shape index (κ1) is 35.7. The van der Waals surface area contributed by atoms with Gasteiger partial charge < -0.3 is 26.0 Å². The molecule has 9 nitrogen and oxygen atoms in total. The summed E-state index contributed by atoms with van der Waals surface area (Å²) in [6.07, 6.45) is 1.29. The molecule has 0 aliphatic carbocycles. The Morgan fingerprint density at radius 1 is 0.814 bits per heavy atom. The number of hydrogen-bond donors (Lipinski definition) is 4. The number of benzene rings is 2. The van der Waals surface area contributed by atoms with Crippen LogP contribution in [0.2, 0.25) is 0 Å². The minimum atomic E-state index is -0.801. The summed E-state index contributed by atoms with van der Waals surface area (Å²) in [7, 11) is 1.53. The number of nitrogens with one attached hydrogen (secondary N) is 4. The van der Waals surface area contributed by atoms with E-state index in [4.69, 9.17) is 4.74 Å². The van der Waals surface area contributed by atoms with Crippen LogP contribution in [0.1, 0.15) is 65.0 Å². The van der Waals surface area contributed by atoms with Crippen molar-refractivity contribution in [2.75, 3.05) is 13.6 Å². The SMILES string of the molecule is CNC(=O)[C@H](Cc1ccccc1)NC(=O)[C@H](CC(C)C)NC(=O)C(CCCNC(=O)OCc1ccccc1)SC(C)(C)C. The first-order valence-electron chi connectivity index (χ1n) is 14.9. The molecule has 0 fully saturated rings. The highest BCUT2D eigenvalue weighted by molar-refractivity contribution is 8.01. The maximum absolute atomic E-state index is 13.6. The van der Waals surface area contributed by atoms with Crippen LogP contribution in [0.5, 0.6) is 0 Å². The Labute approximate surface area is 260 Å². The van der Waals surface area contributed by atoms with Crippen LogP contribution in [-0.4, -0.2) is 59.5 Å². The number of alkyl carbamates (subject to hydrolysis) is 1. The molecule has 236 valence electrons. The zero-order valence-electron chi connectivity index (χ0n) is 26.3. The summed E-state index contributed by atoms with van der Waals surface area (Å²) in [4.78, 5) is 51.8. The average Bonchev–Trinajstić information content (AvgIpc) is 2.96. The fourth-order valence-electron chi connectivity index (χ4n) is 4.40. The van der Waals surface area contributed by atoms with Gasteiger partial charge in [0.15, 0.2) is 0 Å². The zero-order chi connectivity index (χ0) is 31.8. The number of thioether (sulfide) groups is 1. The Kier molecular flexibility index (Phi) is 15.1. The van der Waals surface area contributed by atoms with E-state index in [0.29, 0.717) is 32.2 Å². The number of likely N-dealkylation sites (N-methyl/N-ethyl adjacent to an activating group) is 1. The van der Waals surface area contributed by atoms with E-state index in [1.807, 2.05) is 95.3 Å². The largest absolute Gasteiger partial charge is 0.445 e. The second kappa shape index (κ2) is 18.2. The zero-order valence-corrected chi connectivity index (χ0v) is 27.1. The van der Waals surface area contributed by atoms with Crippen LogP contribution in [0.25, 0.3) is 0 Å². The smallest absolute Gasteiger partial charge is 0.407 e. The average molecular weight is 613 g/mol. The molecule has 2 rings (SSSR count). The molecule has 43 heavy (non-hydrogen) atoms. The summed E-state index contributed by atoms with van der Waals surface area (Å²) in [5, 5.41) is 10.8. The fourth-order valence-corrected chi connectivity index (χ4v) is 5.71. The van der Waals surface area contributed by atoms with Crippen LogP contribution in [-0.2, 0) is 32.1 Å². The van der Waals surface area contributed by atoms with E-state index in [1.165, 1.54) is 18.8 Å². The van der Waals surface area contributed by atoms with Gasteiger partial charge in [-0.25, -0.2) is 4.79 Å². The van der Waals surface area contributed by atoms with Crippen molar-refractivity contribution in [3.63, 3.8) is 0 Å². The van der Waals surface area contributed by atoms with E-state index >= 15 is 0 Å². The van der Waals surface area contributed by atoms with Crippen LogP contribution in [0.15, 0.2) is 60.7 Å². The Bertz CT molecular complexity index is 1150. The Balaban J connectivity index is 2.01. The van der Waals surface area contributed by atoms with E-state index in [2.05, 4.69) is 21.3 Å². The lowest BCUT2D eigenvalue weighted by Gasteiger charge is -2.28. The van der Waals surface area contributed by atoms with Crippen LogP contribution < -0.4 is 21.3 Å². The van der Waals surface area contributed by atoms with Crippen molar-refractivity contribution in [3.8, 4) is 0 Å². The topological polar surface area (TPSA) is 126 Å². The van der Waals surface area contributed by atoms with Crippen molar-refractivity contribution >= 4 is 35.6 Å². The number of hydrogen-bond acceptors (Lipinski definition) is 6. The number of carbonyl (C=O) groups is 4. The summed E-state index contributed by atoms with van der Waals surface area (Å²) in [5.41, 5.74) is 1.82. The fraction of sp³-hybridized carbons (Fsp3) is 0.515. The molecule has 0 saturated heterocycles. The van der Waals surface area contributed by atoms with Crippen molar-refractivity contribution in [1.82, 2.24) is 21.3 Å². The summed E-state index contributed by atoms with van der Waals surface area (Å²) in [6.45, 7) is 10.6. The second-order valence-electron chi connectivity index (χ2n) is 11.9. The lowest BCUT2D eigenvalue weighted by atomic mass is 10.0. The Morgan fingerprint density at radius 2 is 1.40 bits per heavy atom. The molecule has 0 heterocycles. The first-order chi connectivity index (χ1) is 20.4. The minimum Gasteiger partial charge on any atom is -0.445 e. The third-order valence-corrected chi connectivity index (χ3v) is 7.86. The Morgan fingerprint density at radius 3 is 1.95 bits per heavy atom. The molecule has 0 aliphatic heterocycles. The normalized spacial score (nSPS) is 13.4. The van der Waals surface area contributed by atoms with Gasteiger partial charge in [0, 0.05) is 24.8 Å². The van der Waals surface area contributed by atoms with Crippen molar-refractivity contribution in [3.05, 3.63) is 71.8 Å². The lowest BCUT2D eigenvalue weighted by molar-refractivity contribution is -0.132. The van der Waals surface area contributed by atoms with Crippen molar-refractivity contribution in [2.45, 2.75) is 89.0 Å². The van der Waals surface area contributed by atoms with E-state index in [-0.39, 0.29) is 29.1 Å². The van der Waals surface area contributed by atoms with Gasteiger partial charge in [-0.15, -0.1) is 11.8 Å². The molecule has 1 unspecified atom stereocenters. The number of amides is 4. The van der Waals surface area contributed by atoms with Gasteiger partial charge in [-0.1, -0.05) is 95.3 Å². The van der Waals surface area contributed by atoms with Crippen molar-refractivity contribution in [2.24, 2.45) is 5.92 Å². The van der Waals surface area contributed by atoms with Gasteiger partial charge in [-0.2, -0.15) is 0 Å². The number of carbonyl (C=O) groups excluding carboxylic acids is 4. The highest BCUT2D eigenvalue weighted by Crippen LogP contribution is 2.31. The quantitative estimate of drug-likeness (QED) is 0.206. The summed E-state index contributed by atoms with van der Waals surface area (Å²) in [6, 6.07) is 17.3. The highest BCUT2D eigenvalue weighted by atomic mass is 32.2. The van der Waals surface area contributed by atoms with E-state index in [9.17, 15) is 19.2 Å². The number of rotatable bonds is 16. The van der Waals surface area contributed by atoms with Gasteiger partial charge in [-0.3, -0.25) is 14.4 Å². The van der Waals surface area contributed by atoms with Crippen LogP contribution in [0, 0.1) is 5.92 Å². The molecule has 4 N–H and O–H groups in total. The van der Waals surface area contributed by atoms with Gasteiger partial charge in [0.1, 0.15) is 18.7 Å². The monoisotopic (exact) mass is 612 g/mol. The second-order valence-corrected chi connectivity index (χ2v) is 13.9. The van der Waals surface area contributed by atoms with Gasteiger partial charge in [0.2, 0.25) is 17.7 Å². The van der Waals surface area contributed by atoms with Crippen LogP contribution in [0.4, 0.5) is 4.79 Å². The summed E-state index contributed by atoms with van der Waals surface area (Å²) in [5.74, 6) is -0.813. The molecular weight excluding hydrogens is 564 g/mol. The molecular formula is C33H48N4O5S. The summed E-state index contributed by atoms with van der Waals surface area (Å²) >= 11 is 1.52. The van der Waals surface area contributed by atoms with Crippen molar-refractivity contribution in [1.29, 1.82) is 0 Å². The van der Waals surface area contributed by atoms with Crippen molar-refractivity contribution < 1.29 is 23.9 Å². The predicted octanol–water partition coefficient (Wildman–Crippen LogP) is 4.60. The predicted molar refractivity (Wildman–Crippen MR) is 173 cm³/mol. The van der Waals surface area contributed by atoms with Crippen LogP contribution in [0.3, 0.4) is 0 Å². The van der Waals surface area contributed by atoms with E-state index < -0.39 is 29.3 Å². The molecule has 2 aromatic carbocycles. The molecule has 3 atom stereocenters. The minimum absolute atomic E-state index is 0.128. The molecule has 4 amide bonds. The maximum atomic E-state index is 13.6.